The lowest BCUT2D eigenvalue weighted by Gasteiger charge is -2.42. The average Bonchev–Trinajstić information content (AvgIpc) is 3.55. The molecule has 0 aliphatic carbocycles. The van der Waals surface area contributed by atoms with E-state index in [0.717, 1.165) is 21.5 Å². The molecular formula is C24H22Cl3N5O2S. The van der Waals surface area contributed by atoms with Gasteiger partial charge in [0.25, 0.3) is 5.91 Å². The summed E-state index contributed by atoms with van der Waals surface area (Å²) in [5.41, 5.74) is 2.01. The number of hydrogen-bond acceptors (Lipinski definition) is 5. The molecule has 1 saturated heterocycles. The number of aromatic nitrogens is 2. The van der Waals surface area contributed by atoms with Crippen LogP contribution in [-0.2, 0) is 11.3 Å². The number of thiophene rings is 1. The summed E-state index contributed by atoms with van der Waals surface area (Å²) in [6, 6.07) is 10.5. The minimum absolute atomic E-state index is 0. The van der Waals surface area contributed by atoms with Crippen molar-refractivity contribution < 1.29 is 9.59 Å². The summed E-state index contributed by atoms with van der Waals surface area (Å²) in [6.07, 6.45) is 5.07. The Hall–Kier alpha value is -2.78. The zero-order valence-electron chi connectivity index (χ0n) is 18.4. The molecule has 2 amide bonds. The van der Waals surface area contributed by atoms with Gasteiger partial charge >= 0.3 is 0 Å². The summed E-state index contributed by atoms with van der Waals surface area (Å²) >= 11 is 13.9. The lowest BCUT2D eigenvalue weighted by atomic mass is 10.1. The van der Waals surface area contributed by atoms with E-state index in [-0.39, 0.29) is 30.8 Å². The Balaban J connectivity index is 0.00000289. The maximum Gasteiger partial charge on any atom is 0.257 e. The second-order valence-corrected chi connectivity index (χ2v) is 9.83. The zero-order valence-corrected chi connectivity index (χ0v) is 21.6. The first-order valence-electron chi connectivity index (χ1n) is 10.7. The number of carbonyl (C=O) groups is 2. The first kappa shape index (κ1) is 25.3. The van der Waals surface area contributed by atoms with Crippen LogP contribution in [0.3, 0.4) is 0 Å². The fraction of sp³-hybridized carbons (Fsp3) is 0.208. The van der Waals surface area contributed by atoms with Crippen molar-refractivity contribution in [1.29, 1.82) is 0 Å². The highest BCUT2D eigenvalue weighted by atomic mass is 35.5. The van der Waals surface area contributed by atoms with Crippen molar-refractivity contribution in [3.63, 3.8) is 0 Å². The van der Waals surface area contributed by atoms with Gasteiger partial charge in [-0.15, -0.1) is 23.7 Å². The van der Waals surface area contributed by atoms with E-state index < -0.39 is 6.04 Å². The highest BCUT2D eigenvalue weighted by Gasteiger charge is 2.35. The van der Waals surface area contributed by atoms with Crippen molar-refractivity contribution in [2.75, 3.05) is 24.5 Å². The van der Waals surface area contributed by atoms with Gasteiger partial charge in [0.15, 0.2) is 0 Å². The van der Waals surface area contributed by atoms with Gasteiger partial charge in [0, 0.05) is 47.6 Å². The van der Waals surface area contributed by atoms with Gasteiger partial charge in [-0.2, -0.15) is 0 Å². The Bertz CT molecular complexity index is 1340. The molecule has 1 aliphatic rings. The van der Waals surface area contributed by atoms with E-state index in [0.29, 0.717) is 35.2 Å². The van der Waals surface area contributed by atoms with Gasteiger partial charge in [0.2, 0.25) is 5.91 Å². The van der Waals surface area contributed by atoms with Crippen LogP contribution >= 0.6 is 46.9 Å². The molecule has 0 saturated carbocycles. The Kier molecular flexibility index (Phi) is 7.86. The van der Waals surface area contributed by atoms with Crippen LogP contribution in [-0.4, -0.2) is 52.4 Å². The van der Waals surface area contributed by atoms with Gasteiger partial charge in [-0.25, -0.2) is 0 Å². The molecule has 0 bridgehead atoms. The van der Waals surface area contributed by atoms with E-state index in [2.05, 4.69) is 15.3 Å². The molecule has 4 heterocycles. The number of benzene rings is 1. The van der Waals surface area contributed by atoms with Crippen molar-refractivity contribution in [1.82, 2.24) is 20.2 Å². The number of hydrogen-bond donors (Lipinski definition) is 2. The quantitative estimate of drug-likeness (QED) is 0.366. The monoisotopic (exact) mass is 549 g/mol. The molecule has 182 valence electrons. The van der Waals surface area contributed by atoms with Crippen molar-refractivity contribution >= 4 is 75.4 Å². The highest BCUT2D eigenvalue weighted by molar-refractivity contribution is 7.09. The summed E-state index contributed by atoms with van der Waals surface area (Å²) in [4.78, 5) is 38.9. The maximum absolute atomic E-state index is 13.4. The third-order valence-electron chi connectivity index (χ3n) is 5.92. The number of aromatic amines is 1. The van der Waals surface area contributed by atoms with Crippen molar-refractivity contribution in [3.8, 4) is 0 Å². The predicted molar refractivity (Wildman–Crippen MR) is 143 cm³/mol. The van der Waals surface area contributed by atoms with Crippen LogP contribution in [0.5, 0.6) is 0 Å². The predicted octanol–water partition coefficient (Wildman–Crippen LogP) is 5.00. The van der Waals surface area contributed by atoms with E-state index in [1.165, 1.54) is 0 Å². The number of anilines is 1. The normalized spacial score (nSPS) is 15.7. The lowest BCUT2D eigenvalue weighted by Crippen LogP contribution is -2.60. The second kappa shape index (κ2) is 10.9. The fourth-order valence-corrected chi connectivity index (χ4v) is 5.12. The molecule has 1 fully saturated rings. The van der Waals surface area contributed by atoms with Crippen LogP contribution in [0.25, 0.3) is 10.9 Å². The Morgan fingerprint density at radius 1 is 1.14 bits per heavy atom. The van der Waals surface area contributed by atoms with E-state index in [4.69, 9.17) is 23.2 Å². The number of pyridine rings is 1. The smallest absolute Gasteiger partial charge is 0.257 e. The topological polar surface area (TPSA) is 81.3 Å². The number of piperazine rings is 1. The van der Waals surface area contributed by atoms with Crippen molar-refractivity contribution in [3.05, 3.63) is 80.9 Å². The number of halogens is 3. The van der Waals surface area contributed by atoms with Gasteiger partial charge in [0.1, 0.15) is 6.04 Å². The van der Waals surface area contributed by atoms with Gasteiger partial charge in [-0.1, -0.05) is 29.3 Å². The minimum Gasteiger partial charge on any atom is -0.360 e. The Labute approximate surface area is 222 Å². The third kappa shape index (κ3) is 5.26. The van der Waals surface area contributed by atoms with Crippen LogP contribution in [0.1, 0.15) is 15.2 Å². The Morgan fingerprint density at radius 2 is 2.00 bits per heavy atom. The first-order chi connectivity index (χ1) is 16.5. The minimum atomic E-state index is -0.592. The van der Waals surface area contributed by atoms with Crippen LogP contribution in [0.15, 0.2) is 60.4 Å². The number of amides is 2. The molecule has 35 heavy (non-hydrogen) atoms. The van der Waals surface area contributed by atoms with Crippen LogP contribution in [0.2, 0.25) is 10.0 Å². The zero-order chi connectivity index (χ0) is 23.7. The molecule has 11 heteroatoms. The number of rotatable bonds is 5. The lowest BCUT2D eigenvalue weighted by molar-refractivity contribution is -0.123. The number of nitrogens with zero attached hydrogens (tertiary/aromatic N) is 3. The number of nitrogens with one attached hydrogen (secondary N) is 2. The van der Waals surface area contributed by atoms with E-state index >= 15 is 0 Å². The molecule has 0 spiro atoms. The molecule has 3 aromatic heterocycles. The third-order valence-corrected chi connectivity index (χ3v) is 7.53. The van der Waals surface area contributed by atoms with Crippen molar-refractivity contribution in [2.24, 2.45) is 0 Å². The summed E-state index contributed by atoms with van der Waals surface area (Å²) in [7, 11) is 0. The molecule has 0 radical (unpaired) electrons. The molecule has 0 unspecified atom stereocenters. The standard InChI is InChI=1S/C24H21Cl2N5O2S.ClH/c25-19-4-3-16(10-20(19)26)31-8-7-30(14-21(31)23(32)29-12-17-2-1-9-34-17)24(33)18-13-27-11-15-5-6-28-22(15)18;/h1-6,9-11,13,21,28H,7-8,12,14H2,(H,29,32);1H/t21-;/m0./s1. The van der Waals surface area contributed by atoms with E-state index in [1.807, 2.05) is 34.5 Å². The molecule has 4 aromatic rings. The molecule has 1 aromatic carbocycles. The van der Waals surface area contributed by atoms with Crippen LogP contribution in [0.4, 0.5) is 5.69 Å². The van der Waals surface area contributed by atoms with Crippen LogP contribution < -0.4 is 10.2 Å². The van der Waals surface area contributed by atoms with Gasteiger partial charge in [-0.05, 0) is 35.7 Å². The molecule has 7 nitrogen and oxygen atoms in total. The van der Waals surface area contributed by atoms with Gasteiger partial charge in [0.05, 0.1) is 34.2 Å². The van der Waals surface area contributed by atoms with Crippen LogP contribution in [0, 0.1) is 0 Å². The molecular weight excluding hydrogens is 529 g/mol. The van der Waals surface area contributed by atoms with Gasteiger partial charge in [-0.3, -0.25) is 14.6 Å². The first-order valence-corrected chi connectivity index (χ1v) is 12.4. The van der Waals surface area contributed by atoms with Crippen molar-refractivity contribution in [2.45, 2.75) is 12.6 Å². The summed E-state index contributed by atoms with van der Waals surface area (Å²) in [6.45, 7) is 1.58. The Morgan fingerprint density at radius 3 is 2.77 bits per heavy atom. The van der Waals surface area contributed by atoms with E-state index in [9.17, 15) is 9.59 Å². The highest BCUT2D eigenvalue weighted by Crippen LogP contribution is 2.30. The summed E-state index contributed by atoms with van der Waals surface area (Å²) in [5, 5.41) is 6.72. The molecule has 1 aliphatic heterocycles. The van der Waals surface area contributed by atoms with E-state index in [1.54, 1.807) is 47.0 Å². The SMILES string of the molecule is Cl.O=C(NCc1cccs1)[C@@H]1CN(C(=O)c2cncc3cc[nH]c23)CCN1c1ccc(Cl)c(Cl)c1. The average molecular weight is 551 g/mol. The summed E-state index contributed by atoms with van der Waals surface area (Å²) in [5.74, 6) is -0.321. The molecule has 2 N–H and O–H groups in total. The molecule has 1 atom stereocenters. The molecule has 5 rings (SSSR count). The fourth-order valence-electron chi connectivity index (χ4n) is 4.18. The largest absolute Gasteiger partial charge is 0.360 e. The second-order valence-electron chi connectivity index (χ2n) is 7.98. The number of H-pyrrole nitrogens is 1. The van der Waals surface area contributed by atoms with Gasteiger partial charge < -0.3 is 20.1 Å². The summed E-state index contributed by atoms with van der Waals surface area (Å²) < 4.78 is 0. The maximum atomic E-state index is 13.4. The number of fused-ring (bicyclic) bond motifs is 1. The number of carbonyl (C=O) groups excluding carboxylic acids is 2.